The number of carboxylic acid groups (broad SMARTS) is 1. The monoisotopic (exact) mass is 347 g/mol. The fraction of sp³-hybridized carbons (Fsp3) is 0.235. The van der Waals surface area contributed by atoms with E-state index in [-0.39, 0.29) is 16.2 Å². The third kappa shape index (κ3) is 3.42. The number of anilines is 1. The molecule has 7 heteroatoms. The van der Waals surface area contributed by atoms with E-state index in [4.69, 9.17) is 4.74 Å². The number of benzene rings is 2. The van der Waals surface area contributed by atoms with E-state index in [0.29, 0.717) is 11.4 Å². The molecule has 2 aromatic rings. The minimum Gasteiger partial charge on any atom is -0.478 e. The highest BCUT2D eigenvalue weighted by Gasteiger charge is 2.25. The van der Waals surface area contributed by atoms with Gasteiger partial charge in [-0.1, -0.05) is 18.2 Å². The summed E-state index contributed by atoms with van der Waals surface area (Å²) in [4.78, 5) is 13.3. The minimum absolute atomic E-state index is 0.0327. The Balaban J connectivity index is 2.15. The summed E-state index contributed by atoms with van der Waals surface area (Å²) in [6.45, 7) is 1.51. The molecule has 1 saturated heterocycles. The summed E-state index contributed by atoms with van der Waals surface area (Å²) < 4.78 is 27.3. The zero-order chi connectivity index (χ0) is 17.1. The number of para-hydroxylation sites is 1. The van der Waals surface area contributed by atoms with E-state index in [1.807, 2.05) is 11.0 Å². The smallest absolute Gasteiger partial charge is 0.335 e. The lowest BCUT2D eigenvalue weighted by atomic mass is 10.1. The molecule has 0 saturated carbocycles. The maximum Gasteiger partial charge on any atom is 0.335 e. The van der Waals surface area contributed by atoms with Crippen molar-refractivity contribution in [3.8, 4) is 11.5 Å². The van der Waals surface area contributed by atoms with Crippen LogP contribution in [-0.2, 0) is 11.1 Å². The summed E-state index contributed by atoms with van der Waals surface area (Å²) in [5.41, 5.74) is 0.503. The first-order valence-electron chi connectivity index (χ1n) is 7.56. The van der Waals surface area contributed by atoms with Crippen LogP contribution in [0.15, 0.2) is 47.4 Å². The topological polar surface area (TPSA) is 87.1 Å². The lowest BCUT2D eigenvalue weighted by Crippen LogP contribution is -2.19. The number of rotatable bonds is 5. The van der Waals surface area contributed by atoms with Gasteiger partial charge in [-0.05, 0) is 37.1 Å². The number of aromatic carboxylic acids is 1. The Bertz CT molecular complexity index is 772. The van der Waals surface area contributed by atoms with Crippen molar-refractivity contribution in [2.45, 2.75) is 17.7 Å². The van der Waals surface area contributed by atoms with E-state index in [1.165, 1.54) is 12.1 Å². The molecule has 24 heavy (non-hydrogen) atoms. The number of carboxylic acids is 1. The third-order valence-electron chi connectivity index (χ3n) is 3.88. The quantitative estimate of drug-likeness (QED) is 0.807. The van der Waals surface area contributed by atoms with Gasteiger partial charge in [-0.15, -0.1) is 0 Å². The molecule has 0 amide bonds. The van der Waals surface area contributed by atoms with Crippen LogP contribution in [0.25, 0.3) is 0 Å². The molecule has 1 heterocycles. The van der Waals surface area contributed by atoms with Gasteiger partial charge in [0.1, 0.15) is 10.6 Å². The number of carbonyl (C=O) groups is 1. The van der Waals surface area contributed by atoms with Crippen molar-refractivity contribution >= 4 is 22.7 Å². The fourth-order valence-electron chi connectivity index (χ4n) is 2.74. The van der Waals surface area contributed by atoms with Crippen LogP contribution in [0.2, 0.25) is 0 Å². The van der Waals surface area contributed by atoms with Gasteiger partial charge in [0.25, 0.3) is 0 Å². The molecule has 1 fully saturated rings. The maximum absolute atomic E-state index is 11.8. The van der Waals surface area contributed by atoms with E-state index in [2.05, 4.69) is 0 Å². The molecule has 0 aliphatic carbocycles. The van der Waals surface area contributed by atoms with Gasteiger partial charge in [-0.3, -0.25) is 0 Å². The van der Waals surface area contributed by atoms with Crippen molar-refractivity contribution < 1.29 is 23.4 Å². The van der Waals surface area contributed by atoms with Crippen LogP contribution in [-0.4, -0.2) is 32.9 Å². The van der Waals surface area contributed by atoms with Crippen molar-refractivity contribution in [2.75, 3.05) is 18.0 Å². The molecule has 3 rings (SSSR count). The van der Waals surface area contributed by atoms with E-state index in [1.54, 1.807) is 24.3 Å². The third-order valence-corrected chi connectivity index (χ3v) is 4.56. The van der Waals surface area contributed by atoms with Crippen molar-refractivity contribution in [1.29, 1.82) is 0 Å². The van der Waals surface area contributed by atoms with E-state index < -0.39 is 17.0 Å². The number of nitrogens with zero attached hydrogens (tertiary/aromatic N) is 1. The van der Waals surface area contributed by atoms with Crippen LogP contribution >= 0.6 is 0 Å². The Hall–Kier alpha value is -2.38. The lowest BCUT2D eigenvalue weighted by Gasteiger charge is -2.23. The van der Waals surface area contributed by atoms with Gasteiger partial charge in [0.15, 0.2) is 16.8 Å². The molecule has 0 radical (unpaired) electrons. The molecule has 0 spiro atoms. The van der Waals surface area contributed by atoms with Gasteiger partial charge in [-0.2, -0.15) is 0 Å². The van der Waals surface area contributed by atoms with Gasteiger partial charge in [0.05, 0.1) is 11.3 Å². The summed E-state index contributed by atoms with van der Waals surface area (Å²) in [6, 6.07) is 11.6. The first-order chi connectivity index (χ1) is 11.6. The molecule has 126 valence electrons. The number of hydrogen-bond donors (Lipinski definition) is 2. The van der Waals surface area contributed by atoms with Crippen molar-refractivity contribution in [2.24, 2.45) is 0 Å². The molecule has 2 N–H and O–H groups in total. The van der Waals surface area contributed by atoms with E-state index >= 15 is 0 Å². The second-order valence-electron chi connectivity index (χ2n) is 5.49. The van der Waals surface area contributed by atoms with Crippen molar-refractivity contribution in [3.63, 3.8) is 0 Å². The molecule has 1 atom stereocenters. The normalized spacial score (nSPS) is 15.3. The molecule has 1 aliphatic heterocycles. The Kier molecular flexibility index (Phi) is 4.82. The van der Waals surface area contributed by atoms with Gasteiger partial charge in [0, 0.05) is 13.1 Å². The fourth-order valence-corrected chi connectivity index (χ4v) is 3.28. The molecule has 0 bridgehead atoms. The SMILES string of the molecule is O=C(O)c1cc(N2CCCC2)c(Oc2ccccc2)c(S(=O)O)c1. The highest BCUT2D eigenvalue weighted by Crippen LogP contribution is 2.40. The van der Waals surface area contributed by atoms with Crippen LogP contribution in [0.3, 0.4) is 0 Å². The Morgan fingerprint density at radius 3 is 2.38 bits per heavy atom. The highest BCUT2D eigenvalue weighted by atomic mass is 32.2. The Morgan fingerprint density at radius 2 is 1.79 bits per heavy atom. The molecular weight excluding hydrogens is 330 g/mol. The first-order valence-corrected chi connectivity index (χ1v) is 8.67. The predicted molar refractivity (Wildman–Crippen MR) is 90.4 cm³/mol. The summed E-state index contributed by atoms with van der Waals surface area (Å²) in [6.07, 6.45) is 1.97. The van der Waals surface area contributed by atoms with Crippen LogP contribution in [0.5, 0.6) is 11.5 Å². The average molecular weight is 347 g/mol. The second kappa shape index (κ2) is 7.02. The average Bonchev–Trinajstić information content (AvgIpc) is 3.09. The molecule has 1 aliphatic rings. The maximum atomic E-state index is 11.8. The minimum atomic E-state index is -2.37. The van der Waals surface area contributed by atoms with Gasteiger partial charge < -0.3 is 19.3 Å². The predicted octanol–water partition coefficient (Wildman–Crippen LogP) is 3.36. The highest BCUT2D eigenvalue weighted by molar-refractivity contribution is 7.79. The van der Waals surface area contributed by atoms with E-state index in [0.717, 1.165) is 25.9 Å². The van der Waals surface area contributed by atoms with Gasteiger partial charge in [0.2, 0.25) is 0 Å². The summed E-state index contributed by atoms with van der Waals surface area (Å²) >= 11 is -2.37. The molecule has 0 aromatic heterocycles. The lowest BCUT2D eigenvalue weighted by molar-refractivity contribution is 0.0696. The molecule has 1 unspecified atom stereocenters. The summed E-state index contributed by atoms with van der Waals surface area (Å²) in [5.74, 6) is -0.393. The summed E-state index contributed by atoms with van der Waals surface area (Å²) in [5, 5.41) is 9.30. The Labute approximate surface area is 142 Å². The van der Waals surface area contributed by atoms with Crippen LogP contribution in [0, 0.1) is 0 Å². The zero-order valence-electron chi connectivity index (χ0n) is 12.8. The number of ether oxygens (including phenoxy) is 1. The standard InChI is InChI=1S/C17H17NO5S/c19-17(20)12-10-14(18-8-4-5-9-18)16(15(11-12)24(21)22)23-13-6-2-1-3-7-13/h1-3,6-7,10-11H,4-5,8-9H2,(H,19,20)(H,21,22). The zero-order valence-corrected chi connectivity index (χ0v) is 13.7. The van der Waals surface area contributed by atoms with Crippen molar-refractivity contribution in [3.05, 3.63) is 48.0 Å². The second-order valence-corrected chi connectivity index (χ2v) is 6.42. The van der Waals surface area contributed by atoms with Crippen molar-refractivity contribution in [1.82, 2.24) is 0 Å². The van der Waals surface area contributed by atoms with Gasteiger partial charge in [-0.25, -0.2) is 9.00 Å². The Morgan fingerprint density at radius 1 is 1.12 bits per heavy atom. The van der Waals surface area contributed by atoms with E-state index in [9.17, 15) is 18.7 Å². The number of hydrogen-bond acceptors (Lipinski definition) is 4. The van der Waals surface area contributed by atoms with Crippen LogP contribution in [0.4, 0.5) is 5.69 Å². The van der Waals surface area contributed by atoms with Crippen LogP contribution in [0.1, 0.15) is 23.2 Å². The van der Waals surface area contributed by atoms with Crippen LogP contribution < -0.4 is 9.64 Å². The largest absolute Gasteiger partial charge is 0.478 e. The molecule has 6 nitrogen and oxygen atoms in total. The van der Waals surface area contributed by atoms with Gasteiger partial charge >= 0.3 is 5.97 Å². The first kappa shape index (κ1) is 16.5. The molecular formula is C17H17NO5S. The molecule has 2 aromatic carbocycles. The summed E-state index contributed by atoms with van der Waals surface area (Å²) in [7, 11) is 0.